The third kappa shape index (κ3) is 1.72. The molecule has 0 aromatic heterocycles. The van der Waals surface area contributed by atoms with Gasteiger partial charge in [0.2, 0.25) is 0 Å². The fraction of sp³-hybridized carbons (Fsp3) is 0.103. The van der Waals surface area contributed by atoms with Crippen LogP contribution in [-0.2, 0) is 11.8 Å². The Morgan fingerprint density at radius 2 is 1.03 bits per heavy atom. The molecule has 4 aromatic rings. The second-order valence-electron chi connectivity index (χ2n) is 8.42. The molecule has 0 atom stereocenters. The Bertz CT molecular complexity index is 1220. The Morgan fingerprint density at radius 3 is 1.62 bits per heavy atom. The smallest absolute Gasteiger partial charge is 0.0713 e. The molecule has 0 nitrogen and oxygen atoms in total. The van der Waals surface area contributed by atoms with Crippen molar-refractivity contribution in [2.24, 2.45) is 0 Å². The molecule has 0 heterocycles. The van der Waals surface area contributed by atoms with Crippen LogP contribution >= 0.6 is 0 Å². The second kappa shape index (κ2) is 5.36. The van der Waals surface area contributed by atoms with E-state index in [0.717, 1.165) is 6.42 Å². The van der Waals surface area contributed by atoms with Gasteiger partial charge in [-0.05, 0) is 56.5 Å². The lowest BCUT2D eigenvalue weighted by molar-refractivity contribution is 0.663. The maximum atomic E-state index is 2.49. The van der Waals surface area contributed by atoms with Crippen molar-refractivity contribution in [3.05, 3.63) is 148 Å². The van der Waals surface area contributed by atoms with Crippen LogP contribution in [0.1, 0.15) is 50.4 Å². The lowest BCUT2D eigenvalue weighted by atomic mass is 9.50. The standard InChI is InChI=1S/C29H20/c1-2-10-20-19(9-1)17-18-27(20)29-24-14-6-3-11-21(24)28(22-12-4-7-15-25(22)29)23-13-5-8-16-26(23)29/h1-16,18,28H,17H2. The normalized spacial score (nSPS) is 22.3. The van der Waals surface area contributed by atoms with E-state index in [-0.39, 0.29) is 5.41 Å². The minimum Gasteiger partial charge on any atom is -0.0747 e. The van der Waals surface area contributed by atoms with E-state index in [1.165, 1.54) is 50.1 Å². The SMILES string of the molecule is C1=C(C23c4ccccc4C(c4ccccc42)c2ccccc23)c2ccccc2C1. The average molecular weight is 368 g/mol. The lowest BCUT2D eigenvalue weighted by Gasteiger charge is -2.51. The molecule has 136 valence electrons. The lowest BCUT2D eigenvalue weighted by Crippen LogP contribution is -2.42. The molecule has 0 fully saturated rings. The van der Waals surface area contributed by atoms with Crippen molar-refractivity contribution in [3.63, 3.8) is 0 Å². The molecule has 29 heavy (non-hydrogen) atoms. The summed E-state index contributed by atoms with van der Waals surface area (Å²) >= 11 is 0. The van der Waals surface area contributed by atoms with Gasteiger partial charge in [0, 0.05) is 5.92 Å². The van der Waals surface area contributed by atoms with Crippen molar-refractivity contribution < 1.29 is 0 Å². The number of benzene rings is 4. The molecule has 0 N–H and O–H groups in total. The summed E-state index contributed by atoms with van der Waals surface area (Å²) < 4.78 is 0. The number of rotatable bonds is 1. The molecule has 0 unspecified atom stereocenters. The van der Waals surface area contributed by atoms with Gasteiger partial charge in [0.05, 0.1) is 5.41 Å². The summed E-state index contributed by atoms with van der Waals surface area (Å²) in [4.78, 5) is 0. The molecule has 0 radical (unpaired) electrons. The first-order chi connectivity index (χ1) is 14.4. The van der Waals surface area contributed by atoms with E-state index >= 15 is 0 Å². The van der Waals surface area contributed by atoms with Gasteiger partial charge in [-0.3, -0.25) is 0 Å². The summed E-state index contributed by atoms with van der Waals surface area (Å²) in [6, 6.07) is 36.4. The van der Waals surface area contributed by atoms with Gasteiger partial charge < -0.3 is 0 Å². The van der Waals surface area contributed by atoms with Crippen LogP contribution < -0.4 is 0 Å². The molecular formula is C29H20. The summed E-state index contributed by atoms with van der Waals surface area (Å²) in [7, 11) is 0. The van der Waals surface area contributed by atoms with Crippen LogP contribution in [0, 0.1) is 0 Å². The first kappa shape index (κ1) is 15.5. The van der Waals surface area contributed by atoms with Gasteiger partial charge in [-0.1, -0.05) is 103 Å². The van der Waals surface area contributed by atoms with Crippen LogP contribution in [0.25, 0.3) is 5.57 Å². The molecule has 0 aliphatic heterocycles. The zero-order valence-electron chi connectivity index (χ0n) is 16.1. The minimum atomic E-state index is -0.231. The monoisotopic (exact) mass is 368 g/mol. The Hall–Kier alpha value is -3.38. The molecule has 8 rings (SSSR count). The summed E-state index contributed by atoms with van der Waals surface area (Å²) in [5.41, 5.74) is 12.9. The maximum Gasteiger partial charge on any atom is 0.0713 e. The molecule has 0 saturated heterocycles. The van der Waals surface area contributed by atoms with Crippen molar-refractivity contribution in [2.45, 2.75) is 17.8 Å². The minimum absolute atomic E-state index is 0.231. The number of hydrogen-bond acceptors (Lipinski definition) is 0. The Balaban J connectivity index is 1.69. The second-order valence-corrected chi connectivity index (χ2v) is 8.42. The van der Waals surface area contributed by atoms with Crippen molar-refractivity contribution in [2.75, 3.05) is 0 Å². The quantitative estimate of drug-likeness (QED) is 0.361. The molecule has 2 bridgehead atoms. The number of fused-ring (bicyclic) bond motifs is 1. The van der Waals surface area contributed by atoms with Crippen LogP contribution in [0.5, 0.6) is 0 Å². The zero-order chi connectivity index (χ0) is 19.0. The van der Waals surface area contributed by atoms with Crippen LogP contribution in [0.2, 0.25) is 0 Å². The third-order valence-electron chi connectivity index (χ3n) is 7.27. The number of allylic oxidation sites excluding steroid dienone is 2. The fourth-order valence-electron chi connectivity index (χ4n) is 6.28. The third-order valence-corrected chi connectivity index (χ3v) is 7.27. The summed E-state index contributed by atoms with van der Waals surface area (Å²) in [6.07, 6.45) is 3.50. The summed E-state index contributed by atoms with van der Waals surface area (Å²) in [5, 5.41) is 0. The van der Waals surface area contributed by atoms with E-state index in [4.69, 9.17) is 0 Å². The molecular weight excluding hydrogens is 348 g/mol. The highest BCUT2D eigenvalue weighted by molar-refractivity contribution is 5.92. The topological polar surface area (TPSA) is 0 Å². The molecule has 4 aliphatic carbocycles. The summed E-state index contributed by atoms with van der Waals surface area (Å²) in [5.74, 6) is 0.331. The molecule has 4 aromatic carbocycles. The van der Waals surface area contributed by atoms with Gasteiger partial charge in [0.1, 0.15) is 0 Å². The van der Waals surface area contributed by atoms with Crippen molar-refractivity contribution in [1.82, 2.24) is 0 Å². The van der Waals surface area contributed by atoms with Crippen LogP contribution in [0.3, 0.4) is 0 Å². The maximum absolute atomic E-state index is 2.49. The van der Waals surface area contributed by atoms with E-state index in [1.54, 1.807) is 0 Å². The highest BCUT2D eigenvalue weighted by Gasteiger charge is 2.54. The Kier molecular flexibility index (Phi) is 2.87. The van der Waals surface area contributed by atoms with Gasteiger partial charge in [-0.25, -0.2) is 0 Å². The van der Waals surface area contributed by atoms with Crippen LogP contribution in [-0.4, -0.2) is 0 Å². The van der Waals surface area contributed by atoms with Gasteiger partial charge in [-0.2, -0.15) is 0 Å². The fourth-order valence-corrected chi connectivity index (χ4v) is 6.28. The van der Waals surface area contributed by atoms with E-state index in [9.17, 15) is 0 Å². The van der Waals surface area contributed by atoms with Gasteiger partial charge in [-0.15, -0.1) is 0 Å². The van der Waals surface area contributed by atoms with Crippen molar-refractivity contribution >= 4 is 5.57 Å². The predicted molar refractivity (Wildman–Crippen MR) is 118 cm³/mol. The predicted octanol–water partition coefficient (Wildman–Crippen LogP) is 6.47. The first-order valence-electron chi connectivity index (χ1n) is 10.5. The largest absolute Gasteiger partial charge is 0.0747 e. The number of hydrogen-bond donors (Lipinski definition) is 0. The van der Waals surface area contributed by atoms with Crippen LogP contribution in [0.15, 0.2) is 103 Å². The van der Waals surface area contributed by atoms with Crippen LogP contribution in [0.4, 0.5) is 0 Å². The molecule has 0 amide bonds. The molecule has 0 saturated carbocycles. The van der Waals surface area contributed by atoms with E-state index < -0.39 is 0 Å². The van der Waals surface area contributed by atoms with E-state index in [1.807, 2.05) is 0 Å². The zero-order valence-corrected chi connectivity index (χ0v) is 16.1. The Morgan fingerprint density at radius 1 is 0.552 bits per heavy atom. The summed E-state index contributed by atoms with van der Waals surface area (Å²) in [6.45, 7) is 0. The van der Waals surface area contributed by atoms with E-state index in [2.05, 4.69) is 103 Å². The first-order valence-corrected chi connectivity index (χ1v) is 10.5. The molecule has 0 spiro atoms. The molecule has 0 heteroatoms. The molecule has 4 aliphatic rings. The van der Waals surface area contributed by atoms with Crippen molar-refractivity contribution in [3.8, 4) is 0 Å². The highest BCUT2D eigenvalue weighted by Crippen LogP contribution is 2.64. The van der Waals surface area contributed by atoms with Gasteiger partial charge >= 0.3 is 0 Å². The highest BCUT2D eigenvalue weighted by atomic mass is 14.5. The van der Waals surface area contributed by atoms with Gasteiger partial charge in [0.25, 0.3) is 0 Å². The van der Waals surface area contributed by atoms with Crippen molar-refractivity contribution in [1.29, 1.82) is 0 Å². The van der Waals surface area contributed by atoms with E-state index in [0.29, 0.717) is 5.92 Å². The average Bonchev–Trinajstić information content (AvgIpc) is 3.23. The Labute approximate surface area is 171 Å². The van der Waals surface area contributed by atoms with Gasteiger partial charge in [0.15, 0.2) is 0 Å².